The van der Waals surface area contributed by atoms with Crippen LogP contribution in [0.25, 0.3) is 38.1 Å². The molecule has 0 fully saturated rings. The molecule has 0 saturated heterocycles. The van der Waals surface area contributed by atoms with Gasteiger partial charge in [0.2, 0.25) is 0 Å². The van der Waals surface area contributed by atoms with Gasteiger partial charge in [0.1, 0.15) is 5.75 Å². The predicted molar refractivity (Wildman–Crippen MR) is 144 cm³/mol. The van der Waals surface area contributed by atoms with E-state index in [-0.39, 0.29) is 11.5 Å². The van der Waals surface area contributed by atoms with E-state index < -0.39 is 6.10 Å². The summed E-state index contributed by atoms with van der Waals surface area (Å²) in [6.07, 6.45) is 2.67. The van der Waals surface area contributed by atoms with Crippen LogP contribution in [0.2, 0.25) is 0 Å². The fourth-order valence-electron chi connectivity index (χ4n) is 4.96. The summed E-state index contributed by atoms with van der Waals surface area (Å²) in [5.74, 6) is 1.09. The molecule has 38 heavy (non-hydrogen) atoms. The number of benzene rings is 2. The van der Waals surface area contributed by atoms with E-state index in [1.54, 1.807) is 35.9 Å². The van der Waals surface area contributed by atoms with Crippen molar-refractivity contribution in [3.63, 3.8) is 0 Å². The van der Waals surface area contributed by atoms with Crippen LogP contribution in [-0.2, 0) is 11.3 Å². The molecule has 0 radical (unpaired) electrons. The number of hydrogen-bond donors (Lipinski definition) is 1. The fourth-order valence-corrected chi connectivity index (χ4v) is 4.96. The van der Waals surface area contributed by atoms with Gasteiger partial charge in [0, 0.05) is 28.6 Å². The van der Waals surface area contributed by atoms with Gasteiger partial charge in [-0.25, -0.2) is 0 Å². The number of nitrogens with one attached hydrogen (secondary N) is 1. The molecular weight excluding hydrogens is 484 g/mol. The first-order valence-electron chi connectivity index (χ1n) is 12.1. The number of ether oxygens (including phenoxy) is 3. The molecule has 0 aliphatic heterocycles. The van der Waals surface area contributed by atoms with Crippen molar-refractivity contribution in [2.75, 3.05) is 14.2 Å². The van der Waals surface area contributed by atoms with Crippen LogP contribution in [-0.4, -0.2) is 40.6 Å². The number of carbonyl (C=O) groups excluding carboxylic acids is 1. The monoisotopic (exact) mass is 508 g/mol. The summed E-state index contributed by atoms with van der Waals surface area (Å²) in [5, 5.41) is 5.60. The van der Waals surface area contributed by atoms with Gasteiger partial charge in [0.25, 0.3) is 11.5 Å². The number of nitrogens with zero attached hydrogens (tertiary/aromatic N) is 3. The van der Waals surface area contributed by atoms with Crippen molar-refractivity contribution in [2.24, 2.45) is 0 Å². The SMILES string of the molecule is COc1ccc2c(c1OC)c(=O)n1c3ccc(O[C@H](C)C(=O)NCc4ccccn4)cc3c3ccnc2c31. The third-order valence-electron chi connectivity index (χ3n) is 6.72. The minimum atomic E-state index is -0.736. The van der Waals surface area contributed by atoms with Crippen LogP contribution in [0.4, 0.5) is 0 Å². The predicted octanol–water partition coefficient (Wildman–Crippen LogP) is 4.09. The molecule has 0 aliphatic rings. The number of pyridine rings is 3. The largest absolute Gasteiger partial charge is 0.493 e. The molecule has 1 atom stereocenters. The highest BCUT2D eigenvalue weighted by Gasteiger charge is 2.23. The van der Waals surface area contributed by atoms with Gasteiger partial charge in [0.15, 0.2) is 17.6 Å². The average molecular weight is 509 g/mol. The summed E-state index contributed by atoms with van der Waals surface area (Å²) in [6.45, 7) is 2.00. The molecule has 0 bridgehead atoms. The van der Waals surface area contributed by atoms with Crippen LogP contribution in [0.15, 0.2) is 71.8 Å². The zero-order valence-electron chi connectivity index (χ0n) is 21.0. The summed E-state index contributed by atoms with van der Waals surface area (Å²) in [6, 6.07) is 16.4. The number of rotatable bonds is 7. The average Bonchev–Trinajstić information content (AvgIpc) is 3.29. The molecule has 0 unspecified atom stereocenters. The van der Waals surface area contributed by atoms with Crippen molar-refractivity contribution < 1.29 is 19.0 Å². The third kappa shape index (κ3) is 3.62. The number of methoxy groups -OCH3 is 2. The number of fused-ring (bicyclic) bond motifs is 5. The Morgan fingerprint density at radius 2 is 1.84 bits per heavy atom. The highest BCUT2D eigenvalue weighted by molar-refractivity contribution is 6.19. The minimum absolute atomic E-state index is 0.229. The van der Waals surface area contributed by atoms with Gasteiger partial charge < -0.3 is 19.5 Å². The van der Waals surface area contributed by atoms with E-state index in [4.69, 9.17) is 14.2 Å². The second-order valence-electron chi connectivity index (χ2n) is 8.90. The molecule has 9 nitrogen and oxygen atoms in total. The number of carbonyl (C=O) groups is 1. The van der Waals surface area contributed by atoms with Gasteiger partial charge in [-0.05, 0) is 55.5 Å². The smallest absolute Gasteiger partial charge is 0.267 e. The van der Waals surface area contributed by atoms with Gasteiger partial charge >= 0.3 is 0 Å². The number of hydrogen-bond acceptors (Lipinski definition) is 7. The van der Waals surface area contributed by atoms with Crippen LogP contribution in [0.1, 0.15) is 12.6 Å². The van der Waals surface area contributed by atoms with E-state index in [2.05, 4.69) is 15.3 Å². The molecule has 6 rings (SSSR count). The third-order valence-corrected chi connectivity index (χ3v) is 6.72. The normalized spacial score (nSPS) is 12.3. The Morgan fingerprint density at radius 1 is 0.974 bits per heavy atom. The lowest BCUT2D eigenvalue weighted by Crippen LogP contribution is -2.36. The molecule has 4 aromatic heterocycles. The number of aromatic nitrogens is 3. The Hall–Kier alpha value is -4.92. The molecule has 2 aromatic carbocycles. The molecule has 0 aliphatic carbocycles. The summed E-state index contributed by atoms with van der Waals surface area (Å²) >= 11 is 0. The second-order valence-corrected chi connectivity index (χ2v) is 8.90. The Morgan fingerprint density at radius 3 is 2.61 bits per heavy atom. The fraction of sp³-hybridized carbons (Fsp3) is 0.172. The lowest BCUT2D eigenvalue weighted by molar-refractivity contribution is -0.127. The van der Waals surface area contributed by atoms with Crippen LogP contribution < -0.4 is 25.1 Å². The molecule has 9 heteroatoms. The first kappa shape index (κ1) is 23.5. The summed E-state index contributed by atoms with van der Waals surface area (Å²) in [5.41, 5.74) is 2.63. The maximum atomic E-state index is 13.9. The van der Waals surface area contributed by atoms with E-state index in [0.717, 1.165) is 16.5 Å². The van der Waals surface area contributed by atoms with Crippen molar-refractivity contribution in [2.45, 2.75) is 19.6 Å². The lowest BCUT2D eigenvalue weighted by atomic mass is 10.1. The van der Waals surface area contributed by atoms with Crippen LogP contribution in [0.3, 0.4) is 0 Å². The van der Waals surface area contributed by atoms with Crippen molar-refractivity contribution in [3.05, 3.63) is 83.0 Å². The van der Waals surface area contributed by atoms with Crippen molar-refractivity contribution in [1.29, 1.82) is 0 Å². The first-order valence-corrected chi connectivity index (χ1v) is 12.1. The van der Waals surface area contributed by atoms with Crippen LogP contribution >= 0.6 is 0 Å². The van der Waals surface area contributed by atoms with Crippen LogP contribution in [0, 0.1) is 0 Å². The maximum absolute atomic E-state index is 13.9. The van der Waals surface area contributed by atoms with E-state index in [0.29, 0.717) is 51.1 Å². The van der Waals surface area contributed by atoms with Crippen molar-refractivity contribution in [1.82, 2.24) is 19.7 Å². The molecule has 1 amide bonds. The first-order chi connectivity index (χ1) is 18.5. The van der Waals surface area contributed by atoms with Gasteiger partial charge in [-0.3, -0.25) is 24.0 Å². The van der Waals surface area contributed by atoms with Crippen molar-refractivity contribution >= 4 is 44.0 Å². The molecule has 6 aromatic rings. The van der Waals surface area contributed by atoms with Crippen LogP contribution in [0.5, 0.6) is 17.2 Å². The van der Waals surface area contributed by atoms with E-state index in [1.807, 2.05) is 42.5 Å². The molecule has 0 saturated carbocycles. The maximum Gasteiger partial charge on any atom is 0.267 e. The quantitative estimate of drug-likeness (QED) is 0.324. The van der Waals surface area contributed by atoms with E-state index >= 15 is 0 Å². The zero-order chi connectivity index (χ0) is 26.4. The summed E-state index contributed by atoms with van der Waals surface area (Å²) in [4.78, 5) is 35.3. The standard InChI is InChI=1S/C29H24N4O5/c1-16(28(34)32-15-17-6-4-5-12-30-17)38-18-7-9-22-21(14-18)19-11-13-31-25-20-8-10-23(36-2)27(37-3)24(20)29(35)33(22)26(19)25/h4-14,16H,15H2,1-3H3,(H,32,34)/t16-/m1/s1. The molecule has 190 valence electrons. The zero-order valence-corrected chi connectivity index (χ0v) is 21.0. The number of amides is 1. The van der Waals surface area contributed by atoms with Gasteiger partial charge in [-0.2, -0.15) is 0 Å². The summed E-state index contributed by atoms with van der Waals surface area (Å²) in [7, 11) is 3.05. The van der Waals surface area contributed by atoms with Gasteiger partial charge in [0.05, 0.1) is 48.4 Å². The van der Waals surface area contributed by atoms with E-state index in [9.17, 15) is 9.59 Å². The Bertz CT molecular complexity index is 1880. The minimum Gasteiger partial charge on any atom is -0.493 e. The molecule has 0 spiro atoms. The Balaban J connectivity index is 1.43. The van der Waals surface area contributed by atoms with Crippen molar-refractivity contribution in [3.8, 4) is 17.2 Å². The Labute approximate surface area is 216 Å². The van der Waals surface area contributed by atoms with Gasteiger partial charge in [-0.1, -0.05) is 6.07 Å². The van der Waals surface area contributed by atoms with Gasteiger partial charge in [-0.15, -0.1) is 0 Å². The topological polar surface area (TPSA) is 104 Å². The molecule has 1 N–H and O–H groups in total. The molecular formula is C29H24N4O5. The highest BCUT2D eigenvalue weighted by Crippen LogP contribution is 2.39. The Kier molecular flexibility index (Phi) is 5.68. The summed E-state index contributed by atoms with van der Waals surface area (Å²) < 4.78 is 18.7. The molecule has 4 heterocycles. The van der Waals surface area contributed by atoms with E-state index in [1.165, 1.54) is 14.2 Å². The highest BCUT2D eigenvalue weighted by atomic mass is 16.5. The second kappa shape index (κ2) is 9.19. The lowest BCUT2D eigenvalue weighted by Gasteiger charge is -2.15.